The maximum absolute atomic E-state index is 12.8. The first kappa shape index (κ1) is 24.7. The number of nitrogens with two attached hydrogens (primary N) is 1. The summed E-state index contributed by atoms with van der Waals surface area (Å²) in [7, 11) is 1.59. The van der Waals surface area contributed by atoms with E-state index in [1.807, 2.05) is 0 Å². The zero-order valence-corrected chi connectivity index (χ0v) is 19.0. The monoisotopic (exact) mass is 485 g/mol. The summed E-state index contributed by atoms with van der Waals surface area (Å²) >= 11 is 0. The highest BCUT2D eigenvalue weighted by atomic mass is 16.6. The summed E-state index contributed by atoms with van der Waals surface area (Å²) < 4.78 is 1.48. The number of amides is 4. The van der Waals surface area contributed by atoms with Gasteiger partial charge in [0.25, 0.3) is 17.7 Å². The van der Waals surface area contributed by atoms with Crippen molar-refractivity contribution in [3.63, 3.8) is 0 Å². The molecule has 15 heteroatoms. The van der Waals surface area contributed by atoms with Crippen LogP contribution in [0.25, 0.3) is 0 Å². The molecule has 0 saturated carbocycles. The van der Waals surface area contributed by atoms with Gasteiger partial charge in [0.05, 0.1) is 16.9 Å². The van der Waals surface area contributed by atoms with Crippen LogP contribution >= 0.6 is 0 Å². The second-order valence-corrected chi connectivity index (χ2v) is 7.61. The topological polar surface area (TPSA) is 223 Å². The third-order valence-electron chi connectivity index (χ3n) is 5.15. The van der Waals surface area contributed by atoms with Crippen molar-refractivity contribution in [3.8, 4) is 0 Å². The molecule has 184 valence electrons. The van der Waals surface area contributed by atoms with Crippen molar-refractivity contribution in [1.29, 1.82) is 0 Å². The van der Waals surface area contributed by atoms with Gasteiger partial charge in [-0.1, -0.05) is 5.10 Å². The zero-order chi connectivity index (χ0) is 25.9. The van der Waals surface area contributed by atoms with Crippen LogP contribution in [0.5, 0.6) is 0 Å². The number of hydrogen-bond donors (Lipinski definition) is 6. The van der Waals surface area contributed by atoms with Crippen molar-refractivity contribution >= 4 is 40.8 Å². The Balaban J connectivity index is 1.69. The second kappa shape index (κ2) is 9.90. The molecular formula is C20H23N9O6. The van der Waals surface area contributed by atoms with Gasteiger partial charge < -0.3 is 41.3 Å². The van der Waals surface area contributed by atoms with Gasteiger partial charge in [0.1, 0.15) is 11.4 Å². The Morgan fingerprint density at radius 3 is 2.49 bits per heavy atom. The zero-order valence-electron chi connectivity index (χ0n) is 19.0. The van der Waals surface area contributed by atoms with Crippen molar-refractivity contribution < 1.29 is 24.1 Å². The van der Waals surface area contributed by atoms with Crippen LogP contribution in [0.3, 0.4) is 0 Å². The Bertz CT molecular complexity index is 1330. The number of nitrogens with one attached hydrogen (secondary N) is 5. The van der Waals surface area contributed by atoms with Crippen LogP contribution < -0.4 is 21.7 Å². The van der Waals surface area contributed by atoms with Gasteiger partial charge in [0.2, 0.25) is 5.91 Å². The molecule has 15 nitrogen and oxygen atoms in total. The fraction of sp³-hybridized carbons (Fsp3) is 0.250. The second-order valence-electron chi connectivity index (χ2n) is 7.61. The van der Waals surface area contributed by atoms with E-state index < -0.39 is 28.6 Å². The molecule has 3 aromatic heterocycles. The minimum absolute atomic E-state index is 0.00193. The van der Waals surface area contributed by atoms with Crippen molar-refractivity contribution in [2.75, 3.05) is 17.2 Å². The lowest BCUT2D eigenvalue weighted by atomic mass is 10.2. The molecular weight excluding hydrogens is 462 g/mol. The van der Waals surface area contributed by atoms with E-state index in [2.05, 4.69) is 31.1 Å². The Kier molecular flexibility index (Phi) is 6.98. The molecule has 0 atom stereocenters. The van der Waals surface area contributed by atoms with E-state index >= 15 is 0 Å². The number of aromatic nitrogens is 4. The number of carbonyl (C=O) groups is 4. The standard InChI is InChI=1S/C20H23N9O6/c1-9-12(7-23-15(9)19(32)22-5-4-14(21)30)25-18(31)13-6-11(8-28(13)3)24-20(33)16-10(2)17(27-26-16)29(34)35/h6-8,23H,4-5H2,1-3H3,(H2,21,30)(H,22,32)(H,24,33)(H,25,31)(H,26,27). The summed E-state index contributed by atoms with van der Waals surface area (Å²) in [4.78, 5) is 61.4. The van der Waals surface area contributed by atoms with E-state index in [1.165, 1.54) is 30.0 Å². The number of aromatic amines is 2. The van der Waals surface area contributed by atoms with Gasteiger partial charge in [0, 0.05) is 38.0 Å². The highest BCUT2D eigenvalue weighted by Gasteiger charge is 2.24. The summed E-state index contributed by atoms with van der Waals surface area (Å²) in [5, 5.41) is 24.6. The molecule has 3 aromatic rings. The lowest BCUT2D eigenvalue weighted by molar-refractivity contribution is -0.390. The molecule has 35 heavy (non-hydrogen) atoms. The van der Waals surface area contributed by atoms with Gasteiger partial charge in [-0.3, -0.25) is 19.2 Å². The quantitative estimate of drug-likeness (QED) is 0.188. The molecule has 0 aliphatic carbocycles. The molecule has 0 aromatic carbocycles. The molecule has 4 amide bonds. The van der Waals surface area contributed by atoms with Crippen molar-refractivity contribution in [3.05, 3.63) is 56.8 Å². The van der Waals surface area contributed by atoms with Crippen LogP contribution in [0.4, 0.5) is 17.2 Å². The SMILES string of the molecule is Cc1c(NC(=O)c2cc(NC(=O)c3n[nH]c([N+](=O)[O-])c3C)cn2C)c[nH]c1C(=O)NCCC(N)=O. The van der Waals surface area contributed by atoms with Gasteiger partial charge >= 0.3 is 5.82 Å². The summed E-state index contributed by atoms with van der Waals surface area (Å²) in [5.41, 5.74) is 6.51. The Morgan fingerprint density at radius 2 is 1.86 bits per heavy atom. The highest BCUT2D eigenvalue weighted by molar-refractivity contribution is 6.08. The van der Waals surface area contributed by atoms with E-state index in [1.54, 1.807) is 14.0 Å². The van der Waals surface area contributed by atoms with Gasteiger partial charge in [-0.15, -0.1) is 5.10 Å². The summed E-state index contributed by atoms with van der Waals surface area (Å²) in [6.45, 7) is 3.11. The molecule has 0 bridgehead atoms. The molecule has 7 N–H and O–H groups in total. The first-order valence-electron chi connectivity index (χ1n) is 10.2. The van der Waals surface area contributed by atoms with E-state index in [0.29, 0.717) is 11.3 Å². The number of nitro groups is 1. The van der Waals surface area contributed by atoms with Crippen LogP contribution in [0.1, 0.15) is 49.0 Å². The molecule has 3 rings (SSSR count). The van der Waals surface area contributed by atoms with Crippen molar-refractivity contribution in [2.45, 2.75) is 20.3 Å². The maximum atomic E-state index is 12.8. The Morgan fingerprint density at radius 1 is 1.14 bits per heavy atom. The number of carbonyl (C=O) groups excluding carboxylic acids is 4. The number of H-pyrrole nitrogens is 2. The summed E-state index contributed by atoms with van der Waals surface area (Å²) in [5.74, 6) is -2.58. The first-order chi connectivity index (χ1) is 16.5. The number of aryl methyl sites for hydroxylation is 1. The minimum atomic E-state index is -0.683. The van der Waals surface area contributed by atoms with Crippen LogP contribution in [-0.2, 0) is 11.8 Å². The number of rotatable bonds is 9. The predicted molar refractivity (Wildman–Crippen MR) is 123 cm³/mol. The Labute approximate surface area is 197 Å². The van der Waals surface area contributed by atoms with Gasteiger partial charge in [-0.2, -0.15) is 0 Å². The lowest BCUT2D eigenvalue weighted by Crippen LogP contribution is -2.28. The minimum Gasteiger partial charge on any atom is -0.370 e. The third kappa shape index (κ3) is 5.35. The molecule has 0 aliphatic heterocycles. The summed E-state index contributed by atoms with van der Waals surface area (Å²) in [6.07, 6.45) is 2.94. The number of primary amides is 1. The third-order valence-corrected chi connectivity index (χ3v) is 5.15. The van der Waals surface area contributed by atoms with Crippen LogP contribution in [0.2, 0.25) is 0 Å². The normalized spacial score (nSPS) is 10.6. The molecule has 0 radical (unpaired) electrons. The highest BCUT2D eigenvalue weighted by Crippen LogP contribution is 2.22. The molecule has 0 aliphatic rings. The van der Waals surface area contributed by atoms with E-state index in [4.69, 9.17) is 5.73 Å². The fourth-order valence-electron chi connectivity index (χ4n) is 3.27. The van der Waals surface area contributed by atoms with E-state index in [-0.39, 0.29) is 47.1 Å². The average Bonchev–Trinajstić information content (AvgIpc) is 3.44. The molecule has 0 unspecified atom stereocenters. The van der Waals surface area contributed by atoms with Crippen molar-refractivity contribution in [1.82, 2.24) is 25.1 Å². The smallest absolute Gasteiger partial charge is 0.346 e. The van der Waals surface area contributed by atoms with E-state index in [0.717, 1.165) is 0 Å². The summed E-state index contributed by atoms with van der Waals surface area (Å²) in [6, 6.07) is 1.42. The molecule has 0 spiro atoms. The van der Waals surface area contributed by atoms with Gasteiger partial charge in [-0.05, 0) is 24.8 Å². The fourth-order valence-corrected chi connectivity index (χ4v) is 3.27. The number of anilines is 2. The number of nitrogens with zero attached hydrogens (tertiary/aromatic N) is 3. The molecule has 3 heterocycles. The van der Waals surface area contributed by atoms with Gasteiger partial charge in [0.15, 0.2) is 5.69 Å². The van der Waals surface area contributed by atoms with E-state index in [9.17, 15) is 29.3 Å². The lowest BCUT2D eigenvalue weighted by Gasteiger charge is -2.06. The van der Waals surface area contributed by atoms with Crippen LogP contribution in [0.15, 0.2) is 18.5 Å². The van der Waals surface area contributed by atoms with Crippen LogP contribution in [-0.4, -0.2) is 54.8 Å². The average molecular weight is 485 g/mol. The van der Waals surface area contributed by atoms with Gasteiger partial charge in [-0.25, -0.2) is 0 Å². The predicted octanol–water partition coefficient (Wildman–Crippen LogP) is 0.711. The molecule has 0 saturated heterocycles. The Hall–Kier alpha value is -4.95. The van der Waals surface area contributed by atoms with Crippen molar-refractivity contribution in [2.24, 2.45) is 12.8 Å². The van der Waals surface area contributed by atoms with Crippen LogP contribution in [0, 0.1) is 24.0 Å². The largest absolute Gasteiger partial charge is 0.370 e. The number of hydrogen-bond acceptors (Lipinski definition) is 7. The molecule has 0 fully saturated rings. The maximum Gasteiger partial charge on any atom is 0.346 e. The first-order valence-corrected chi connectivity index (χ1v) is 10.2.